The highest BCUT2D eigenvalue weighted by Crippen LogP contribution is 2.14. The van der Waals surface area contributed by atoms with E-state index in [-0.39, 0.29) is 37.2 Å². The summed E-state index contributed by atoms with van der Waals surface area (Å²) in [6.07, 6.45) is -0.345. The summed E-state index contributed by atoms with van der Waals surface area (Å²) in [7, 11) is 6.35. The van der Waals surface area contributed by atoms with E-state index >= 15 is 0 Å². The minimum absolute atomic E-state index is 0.123. The molecule has 0 saturated carbocycles. The summed E-state index contributed by atoms with van der Waals surface area (Å²) in [5.74, 6) is -0.297. The van der Waals surface area contributed by atoms with E-state index in [1.54, 1.807) is 28.4 Å². The molecule has 4 atom stereocenters. The molecule has 2 amide bonds. The number of rotatable bonds is 8. The van der Waals surface area contributed by atoms with Gasteiger partial charge in [0, 0.05) is 93.6 Å². The van der Waals surface area contributed by atoms with Gasteiger partial charge in [0.25, 0.3) is 0 Å². The number of methoxy groups -OCH3 is 4. The Kier molecular flexibility index (Phi) is 18.6. The van der Waals surface area contributed by atoms with Gasteiger partial charge in [0.15, 0.2) is 25.2 Å². The lowest BCUT2D eigenvalue weighted by Gasteiger charge is -2.27. The number of hydrogen-bond donors (Lipinski definition) is 2. The Bertz CT molecular complexity index is 911. The first-order chi connectivity index (χ1) is 22.4. The average molecular weight is 655 g/mol. The molecule has 46 heavy (non-hydrogen) atoms. The van der Waals surface area contributed by atoms with E-state index in [1.165, 1.54) is 11.1 Å². The Labute approximate surface area is 273 Å². The molecular formula is C32H54N4O10. The Balaban J connectivity index is 1.61. The van der Waals surface area contributed by atoms with Gasteiger partial charge in [-0.1, -0.05) is 24.3 Å². The van der Waals surface area contributed by atoms with Gasteiger partial charge < -0.3 is 48.5 Å². The molecule has 0 aromatic heterocycles. The SMILES string of the molecule is CO[C@H]1CCN(Cc2ccc(CN3CCO[C@@H](OC)CC(=O)NCCO[C@@H](OC)CC3)cc2)CCO[C@@H](OC)CC(=O)NCCO1. The third kappa shape index (κ3) is 15.1. The first-order valence-electron chi connectivity index (χ1n) is 16.1. The van der Waals surface area contributed by atoms with Crippen LogP contribution < -0.4 is 10.6 Å². The Morgan fingerprint density at radius 1 is 0.587 bits per heavy atom. The van der Waals surface area contributed by atoms with Crippen LogP contribution in [-0.2, 0) is 60.6 Å². The second kappa shape index (κ2) is 22.4. The van der Waals surface area contributed by atoms with Crippen molar-refractivity contribution in [3.05, 3.63) is 35.4 Å². The molecule has 262 valence electrons. The van der Waals surface area contributed by atoms with Crippen LogP contribution in [0, 0.1) is 0 Å². The predicted octanol–water partition coefficient (Wildman–Crippen LogP) is 1.07. The van der Waals surface area contributed by atoms with Crippen LogP contribution in [0.3, 0.4) is 0 Å². The van der Waals surface area contributed by atoms with Crippen LogP contribution in [0.1, 0.15) is 36.8 Å². The van der Waals surface area contributed by atoms with E-state index in [0.717, 1.165) is 13.1 Å². The molecule has 2 aliphatic heterocycles. The summed E-state index contributed by atoms with van der Waals surface area (Å²) in [4.78, 5) is 29.0. The number of nitrogens with one attached hydrogen (secondary N) is 2. The monoisotopic (exact) mass is 654 g/mol. The van der Waals surface area contributed by atoms with Gasteiger partial charge in [-0.15, -0.1) is 0 Å². The van der Waals surface area contributed by atoms with Crippen molar-refractivity contribution in [2.45, 2.75) is 63.9 Å². The maximum absolute atomic E-state index is 12.2. The molecular weight excluding hydrogens is 600 g/mol. The molecule has 3 rings (SSSR count). The molecule has 2 aliphatic rings. The van der Waals surface area contributed by atoms with Crippen molar-refractivity contribution in [1.29, 1.82) is 0 Å². The highest BCUT2D eigenvalue weighted by Gasteiger charge is 2.19. The summed E-state index contributed by atoms with van der Waals surface area (Å²) in [5.41, 5.74) is 2.33. The summed E-state index contributed by atoms with van der Waals surface area (Å²) in [5, 5.41) is 5.64. The number of nitrogens with zero attached hydrogens (tertiary/aromatic N) is 2. The minimum atomic E-state index is -0.604. The maximum Gasteiger partial charge on any atom is 0.225 e. The van der Waals surface area contributed by atoms with Gasteiger partial charge in [0.2, 0.25) is 11.8 Å². The van der Waals surface area contributed by atoms with Gasteiger partial charge in [0.05, 0.1) is 39.3 Å². The summed E-state index contributed by atoms with van der Waals surface area (Å²) in [6.45, 7) is 6.56. The molecule has 0 bridgehead atoms. The zero-order valence-electron chi connectivity index (χ0n) is 27.9. The van der Waals surface area contributed by atoms with Crippen LogP contribution in [0.2, 0.25) is 0 Å². The molecule has 1 aromatic carbocycles. The largest absolute Gasteiger partial charge is 0.356 e. The molecule has 2 fully saturated rings. The van der Waals surface area contributed by atoms with Crippen molar-refractivity contribution < 1.29 is 47.5 Å². The quantitative estimate of drug-likeness (QED) is 0.415. The number of carbonyl (C=O) groups is 2. The van der Waals surface area contributed by atoms with E-state index in [4.69, 9.17) is 37.9 Å². The molecule has 2 saturated heterocycles. The maximum atomic E-state index is 12.2. The van der Waals surface area contributed by atoms with Gasteiger partial charge in [-0.2, -0.15) is 0 Å². The van der Waals surface area contributed by atoms with Gasteiger partial charge in [-0.25, -0.2) is 0 Å². The van der Waals surface area contributed by atoms with Crippen molar-refractivity contribution in [2.24, 2.45) is 0 Å². The molecule has 2 heterocycles. The fourth-order valence-electron chi connectivity index (χ4n) is 5.18. The number of benzene rings is 1. The molecule has 2 N–H and O–H groups in total. The van der Waals surface area contributed by atoms with Crippen molar-refractivity contribution in [3.63, 3.8) is 0 Å². The number of hydrogen-bond acceptors (Lipinski definition) is 12. The highest BCUT2D eigenvalue weighted by molar-refractivity contribution is 5.76. The van der Waals surface area contributed by atoms with E-state index in [2.05, 4.69) is 44.7 Å². The van der Waals surface area contributed by atoms with Crippen molar-refractivity contribution in [2.75, 3.05) is 94.1 Å². The second-order valence-electron chi connectivity index (χ2n) is 11.2. The van der Waals surface area contributed by atoms with E-state index in [1.807, 2.05) is 0 Å². The zero-order valence-corrected chi connectivity index (χ0v) is 27.9. The van der Waals surface area contributed by atoms with Crippen LogP contribution in [0.5, 0.6) is 0 Å². The normalized spacial score (nSPS) is 26.8. The predicted molar refractivity (Wildman–Crippen MR) is 168 cm³/mol. The molecule has 0 spiro atoms. The van der Waals surface area contributed by atoms with Crippen molar-refractivity contribution in [3.8, 4) is 0 Å². The van der Waals surface area contributed by atoms with E-state index < -0.39 is 12.6 Å². The Hall–Kier alpha value is -2.24. The lowest BCUT2D eigenvalue weighted by atomic mass is 10.1. The summed E-state index contributed by atoms with van der Waals surface area (Å²) >= 11 is 0. The Morgan fingerprint density at radius 2 is 0.957 bits per heavy atom. The fraction of sp³-hybridized carbons (Fsp3) is 0.750. The van der Waals surface area contributed by atoms with E-state index in [0.29, 0.717) is 78.5 Å². The van der Waals surface area contributed by atoms with Crippen molar-refractivity contribution in [1.82, 2.24) is 20.4 Å². The lowest BCUT2D eigenvalue weighted by Crippen LogP contribution is -2.37. The molecule has 14 nitrogen and oxygen atoms in total. The molecule has 0 unspecified atom stereocenters. The second-order valence-corrected chi connectivity index (χ2v) is 11.2. The third-order valence-electron chi connectivity index (χ3n) is 7.83. The van der Waals surface area contributed by atoms with Crippen LogP contribution in [0.4, 0.5) is 0 Å². The van der Waals surface area contributed by atoms with Crippen molar-refractivity contribution >= 4 is 11.8 Å². The number of amides is 2. The van der Waals surface area contributed by atoms with Crippen LogP contribution in [0.25, 0.3) is 0 Å². The first kappa shape index (κ1) is 38.2. The van der Waals surface area contributed by atoms with Crippen LogP contribution in [0.15, 0.2) is 24.3 Å². The molecule has 0 aliphatic carbocycles. The Morgan fingerprint density at radius 3 is 1.33 bits per heavy atom. The standard InChI is InChI=1S/C32H54N4O10/c1-39-29-9-13-35(15-19-45-31(41-3)21-27(37)33-11-17-43-29)23-25-5-7-26(8-6-25)24-36-14-10-30(40-2)44-18-12-34-28(38)22-32(42-4)46-20-16-36/h5-8,29-32H,9-24H2,1-4H3,(H,33,37)(H,34,38)/t29-,30-,31-,32-/m1/s1. The smallest absolute Gasteiger partial charge is 0.225 e. The van der Waals surface area contributed by atoms with Gasteiger partial charge >= 0.3 is 0 Å². The van der Waals surface area contributed by atoms with Crippen LogP contribution >= 0.6 is 0 Å². The first-order valence-corrected chi connectivity index (χ1v) is 16.1. The lowest BCUT2D eigenvalue weighted by molar-refractivity contribution is -0.153. The zero-order chi connectivity index (χ0) is 33.0. The van der Waals surface area contributed by atoms with Crippen LogP contribution in [-0.4, -0.2) is 141 Å². The highest BCUT2D eigenvalue weighted by atomic mass is 16.7. The third-order valence-corrected chi connectivity index (χ3v) is 7.83. The van der Waals surface area contributed by atoms with Gasteiger partial charge in [-0.05, 0) is 11.1 Å². The topological polar surface area (TPSA) is 139 Å². The molecule has 14 heteroatoms. The molecule has 1 aromatic rings. The number of ether oxygens (including phenoxy) is 8. The summed E-state index contributed by atoms with van der Waals surface area (Å²) < 4.78 is 45.2. The summed E-state index contributed by atoms with van der Waals surface area (Å²) in [6, 6.07) is 8.59. The van der Waals surface area contributed by atoms with E-state index in [9.17, 15) is 9.59 Å². The molecule has 0 radical (unpaired) electrons. The number of carbonyl (C=O) groups excluding carboxylic acids is 2. The minimum Gasteiger partial charge on any atom is -0.356 e. The average Bonchev–Trinajstić information content (AvgIpc) is 3.06. The van der Waals surface area contributed by atoms with Gasteiger partial charge in [-0.3, -0.25) is 19.4 Å². The van der Waals surface area contributed by atoms with Gasteiger partial charge in [0.1, 0.15) is 0 Å². The fourth-order valence-corrected chi connectivity index (χ4v) is 5.18.